The minimum absolute atomic E-state index is 0.0667. The second-order valence-electron chi connectivity index (χ2n) is 6.27. The van der Waals surface area contributed by atoms with E-state index in [1.165, 1.54) is 11.1 Å². The van der Waals surface area contributed by atoms with Crippen LogP contribution in [-0.2, 0) is 16.2 Å². The summed E-state index contributed by atoms with van der Waals surface area (Å²) in [6, 6.07) is 13.4. The zero-order chi connectivity index (χ0) is 19.7. The first-order valence-corrected chi connectivity index (χ1v) is 8.57. The van der Waals surface area contributed by atoms with Crippen LogP contribution >= 0.6 is 0 Å². The van der Waals surface area contributed by atoms with Crippen LogP contribution in [0.15, 0.2) is 70.9 Å². The first-order chi connectivity index (χ1) is 13.5. The molecule has 0 atom stereocenters. The Bertz CT molecular complexity index is 1050. The molecule has 1 N–H and O–H groups in total. The lowest BCUT2D eigenvalue weighted by atomic mass is 10.1. The fourth-order valence-electron chi connectivity index (χ4n) is 2.80. The third kappa shape index (κ3) is 3.42. The van der Waals surface area contributed by atoms with Crippen molar-refractivity contribution in [3.8, 4) is 5.75 Å². The molecule has 28 heavy (non-hydrogen) atoms. The number of ether oxygens (including phenoxy) is 1. The molecule has 2 aromatic carbocycles. The number of halogens is 1. The first kappa shape index (κ1) is 17.7. The number of hydroxylamine groups is 2. The van der Waals surface area contributed by atoms with E-state index in [-0.39, 0.29) is 23.8 Å². The average molecular weight is 377 g/mol. The van der Waals surface area contributed by atoms with E-state index in [2.05, 4.69) is 4.99 Å². The minimum atomic E-state index is -0.495. The van der Waals surface area contributed by atoms with Crippen molar-refractivity contribution in [3.05, 3.63) is 82.9 Å². The van der Waals surface area contributed by atoms with Crippen molar-refractivity contribution in [1.29, 1.82) is 5.41 Å². The van der Waals surface area contributed by atoms with Gasteiger partial charge < -0.3 is 9.57 Å². The van der Waals surface area contributed by atoms with Gasteiger partial charge in [-0.3, -0.25) is 10.2 Å². The van der Waals surface area contributed by atoms with E-state index >= 15 is 0 Å². The molecule has 0 radical (unpaired) electrons. The molecule has 6 nitrogen and oxygen atoms in total. The van der Waals surface area contributed by atoms with Gasteiger partial charge in [0.25, 0.3) is 5.91 Å². The van der Waals surface area contributed by atoms with Crippen molar-refractivity contribution < 1.29 is 18.8 Å². The Morgan fingerprint density at radius 2 is 1.96 bits per heavy atom. The smallest absolute Gasteiger partial charge is 0.282 e. The fourth-order valence-corrected chi connectivity index (χ4v) is 2.80. The van der Waals surface area contributed by atoms with Gasteiger partial charge >= 0.3 is 0 Å². The number of aliphatic imine (C=N–C) groups is 1. The molecule has 2 aromatic rings. The molecular weight excluding hydrogens is 361 g/mol. The predicted molar refractivity (Wildman–Crippen MR) is 102 cm³/mol. The van der Waals surface area contributed by atoms with Gasteiger partial charge in [-0.1, -0.05) is 30.3 Å². The van der Waals surface area contributed by atoms with Gasteiger partial charge in [0.05, 0.1) is 5.57 Å². The van der Waals surface area contributed by atoms with Crippen molar-refractivity contribution in [2.45, 2.75) is 13.5 Å². The molecule has 0 saturated heterocycles. The summed E-state index contributed by atoms with van der Waals surface area (Å²) in [5.74, 6) is 0.564. The van der Waals surface area contributed by atoms with Crippen molar-refractivity contribution in [3.63, 3.8) is 0 Å². The molecule has 2 heterocycles. The zero-order valence-electron chi connectivity index (χ0n) is 15.0. The zero-order valence-corrected chi connectivity index (χ0v) is 15.0. The quantitative estimate of drug-likeness (QED) is 0.821. The van der Waals surface area contributed by atoms with Crippen LogP contribution in [0.25, 0.3) is 6.08 Å². The van der Waals surface area contributed by atoms with E-state index in [1.807, 2.05) is 0 Å². The molecule has 2 aliphatic rings. The van der Waals surface area contributed by atoms with Gasteiger partial charge in [0, 0.05) is 11.6 Å². The molecule has 0 unspecified atom stereocenters. The number of benzene rings is 2. The van der Waals surface area contributed by atoms with E-state index in [1.54, 1.807) is 61.5 Å². The van der Waals surface area contributed by atoms with Crippen molar-refractivity contribution in [2.24, 2.45) is 4.99 Å². The second-order valence-corrected chi connectivity index (χ2v) is 6.27. The Kier molecular flexibility index (Phi) is 4.49. The summed E-state index contributed by atoms with van der Waals surface area (Å²) in [6.45, 7) is 1.84. The van der Waals surface area contributed by atoms with Gasteiger partial charge in [0.2, 0.25) is 0 Å². The van der Waals surface area contributed by atoms with Crippen LogP contribution in [0.4, 0.5) is 4.39 Å². The normalized spacial score (nSPS) is 17.2. The molecular formula is C21H16FN3O3. The van der Waals surface area contributed by atoms with Crippen LogP contribution in [0.5, 0.6) is 5.75 Å². The predicted octanol–water partition coefficient (Wildman–Crippen LogP) is 3.86. The Morgan fingerprint density at radius 3 is 2.71 bits per heavy atom. The maximum atomic E-state index is 13.6. The summed E-state index contributed by atoms with van der Waals surface area (Å²) in [5.41, 5.74) is 1.30. The SMILES string of the molecule is CC1=CC2=NC(=O)/C(=C/c3ccc(OCc4ccccc4F)cc3)C(=N)N2O1. The van der Waals surface area contributed by atoms with Gasteiger partial charge in [-0.15, -0.1) is 5.06 Å². The first-order valence-electron chi connectivity index (χ1n) is 8.57. The Morgan fingerprint density at radius 1 is 1.21 bits per heavy atom. The molecule has 7 heteroatoms. The number of amidine groups is 2. The number of allylic oxidation sites excluding steroid dienone is 1. The van der Waals surface area contributed by atoms with Gasteiger partial charge in [-0.2, -0.15) is 4.99 Å². The summed E-state index contributed by atoms with van der Waals surface area (Å²) < 4.78 is 19.2. The van der Waals surface area contributed by atoms with Crippen LogP contribution in [-0.4, -0.2) is 22.6 Å². The molecule has 2 aliphatic heterocycles. The number of hydrogen-bond acceptors (Lipinski definition) is 4. The highest BCUT2D eigenvalue weighted by Crippen LogP contribution is 2.24. The van der Waals surface area contributed by atoms with Crippen LogP contribution < -0.4 is 4.74 Å². The van der Waals surface area contributed by atoms with E-state index in [0.717, 1.165) is 0 Å². The maximum Gasteiger partial charge on any atom is 0.282 e. The number of carbonyl (C=O) groups excluding carboxylic acids is 1. The van der Waals surface area contributed by atoms with Crippen molar-refractivity contribution in [2.75, 3.05) is 0 Å². The van der Waals surface area contributed by atoms with Gasteiger partial charge in [-0.25, -0.2) is 4.39 Å². The van der Waals surface area contributed by atoms with Crippen LogP contribution in [0.3, 0.4) is 0 Å². The van der Waals surface area contributed by atoms with E-state index in [9.17, 15) is 9.18 Å². The third-order valence-electron chi connectivity index (χ3n) is 4.22. The lowest BCUT2D eigenvalue weighted by molar-refractivity contribution is -0.114. The molecule has 1 amide bonds. The summed E-state index contributed by atoms with van der Waals surface area (Å²) in [4.78, 5) is 21.6. The van der Waals surface area contributed by atoms with E-state index in [0.29, 0.717) is 28.5 Å². The largest absolute Gasteiger partial charge is 0.489 e. The summed E-state index contributed by atoms with van der Waals surface area (Å²) >= 11 is 0. The van der Waals surface area contributed by atoms with Crippen LogP contribution in [0.1, 0.15) is 18.1 Å². The number of hydrogen-bond donors (Lipinski definition) is 1. The lowest BCUT2D eigenvalue weighted by Gasteiger charge is -2.22. The summed E-state index contributed by atoms with van der Waals surface area (Å²) in [5, 5.41) is 9.42. The van der Waals surface area contributed by atoms with E-state index in [4.69, 9.17) is 15.0 Å². The third-order valence-corrected chi connectivity index (χ3v) is 4.22. The lowest BCUT2D eigenvalue weighted by Crippen LogP contribution is -2.38. The van der Waals surface area contributed by atoms with Crippen molar-refractivity contribution >= 4 is 23.7 Å². The van der Waals surface area contributed by atoms with Gasteiger partial charge in [-0.05, 0) is 36.8 Å². The van der Waals surface area contributed by atoms with Crippen LogP contribution in [0.2, 0.25) is 0 Å². The second kappa shape index (κ2) is 7.11. The standard InChI is InChI=1S/C21H16FN3O3/c1-13-10-19-24-21(26)17(20(23)25(19)28-13)11-14-6-8-16(9-7-14)27-12-15-4-2-3-5-18(15)22/h2-11,23H,12H2,1H3/b17-11+,23-20?. The number of nitrogens with one attached hydrogen (secondary N) is 1. The number of nitrogens with zero attached hydrogens (tertiary/aromatic N) is 2. The number of amides is 1. The Balaban J connectivity index is 1.48. The van der Waals surface area contributed by atoms with Gasteiger partial charge in [0.15, 0.2) is 11.7 Å². The monoisotopic (exact) mass is 377 g/mol. The fraction of sp³-hybridized carbons (Fsp3) is 0.0952. The molecule has 0 spiro atoms. The maximum absolute atomic E-state index is 13.6. The molecule has 0 saturated carbocycles. The van der Waals surface area contributed by atoms with Gasteiger partial charge in [0.1, 0.15) is 23.9 Å². The van der Waals surface area contributed by atoms with E-state index < -0.39 is 5.91 Å². The highest BCUT2D eigenvalue weighted by Gasteiger charge is 2.34. The Hall–Kier alpha value is -3.74. The molecule has 140 valence electrons. The summed E-state index contributed by atoms with van der Waals surface area (Å²) in [6.07, 6.45) is 3.17. The molecule has 0 fully saturated rings. The Labute approximate surface area is 160 Å². The molecule has 0 aromatic heterocycles. The topological polar surface area (TPSA) is 75.0 Å². The highest BCUT2D eigenvalue weighted by molar-refractivity contribution is 6.32. The molecule has 0 aliphatic carbocycles. The molecule has 4 rings (SSSR count). The summed E-state index contributed by atoms with van der Waals surface area (Å²) in [7, 11) is 0. The number of fused-ring (bicyclic) bond motifs is 1. The molecule has 0 bridgehead atoms. The minimum Gasteiger partial charge on any atom is -0.489 e. The number of carbonyl (C=O) groups is 1. The average Bonchev–Trinajstić information content (AvgIpc) is 3.06. The van der Waals surface area contributed by atoms with Crippen LogP contribution in [0, 0.1) is 11.2 Å². The highest BCUT2D eigenvalue weighted by atomic mass is 19.1. The van der Waals surface area contributed by atoms with Crippen molar-refractivity contribution in [1.82, 2.24) is 5.06 Å². The number of rotatable bonds is 4.